The minimum atomic E-state index is -0.585. The monoisotopic (exact) mass is 349 g/mol. The SMILES string of the molecule is O=C(Cn1ccc([N+](=O)[O-])n1)N1CCNCC1c1ccccc1Cl. The topological polar surface area (TPSA) is 93.3 Å². The van der Waals surface area contributed by atoms with E-state index in [2.05, 4.69) is 10.4 Å². The van der Waals surface area contributed by atoms with Crippen LogP contribution in [0.15, 0.2) is 36.5 Å². The van der Waals surface area contributed by atoms with Crippen molar-refractivity contribution in [1.29, 1.82) is 0 Å². The van der Waals surface area contributed by atoms with Crippen molar-refractivity contribution >= 4 is 23.3 Å². The molecule has 1 unspecified atom stereocenters. The summed E-state index contributed by atoms with van der Waals surface area (Å²) >= 11 is 6.27. The first-order valence-electron chi connectivity index (χ1n) is 7.48. The molecule has 3 rings (SSSR count). The molecule has 1 amide bonds. The zero-order valence-corrected chi connectivity index (χ0v) is 13.5. The van der Waals surface area contributed by atoms with Crippen LogP contribution in [0.5, 0.6) is 0 Å². The number of nitrogens with one attached hydrogen (secondary N) is 1. The van der Waals surface area contributed by atoms with Crippen molar-refractivity contribution in [1.82, 2.24) is 20.0 Å². The zero-order valence-electron chi connectivity index (χ0n) is 12.8. The van der Waals surface area contributed by atoms with E-state index in [0.29, 0.717) is 24.7 Å². The van der Waals surface area contributed by atoms with Gasteiger partial charge in [-0.15, -0.1) is 0 Å². The van der Waals surface area contributed by atoms with Crippen LogP contribution in [0.3, 0.4) is 0 Å². The number of benzene rings is 1. The zero-order chi connectivity index (χ0) is 17.1. The van der Waals surface area contributed by atoms with Gasteiger partial charge in [-0.05, 0) is 16.6 Å². The van der Waals surface area contributed by atoms with Gasteiger partial charge in [0.05, 0.1) is 23.4 Å². The van der Waals surface area contributed by atoms with Crippen LogP contribution in [0.1, 0.15) is 11.6 Å². The number of amides is 1. The molecule has 1 N–H and O–H groups in total. The van der Waals surface area contributed by atoms with Crippen LogP contribution >= 0.6 is 11.6 Å². The van der Waals surface area contributed by atoms with E-state index in [4.69, 9.17) is 11.6 Å². The molecule has 1 aliphatic heterocycles. The summed E-state index contributed by atoms with van der Waals surface area (Å²) in [6.07, 6.45) is 1.43. The predicted molar refractivity (Wildman–Crippen MR) is 87.7 cm³/mol. The first-order valence-corrected chi connectivity index (χ1v) is 7.86. The van der Waals surface area contributed by atoms with Crippen LogP contribution in [0.25, 0.3) is 0 Å². The summed E-state index contributed by atoms with van der Waals surface area (Å²) in [5.74, 6) is -0.426. The molecule has 0 bridgehead atoms. The van der Waals surface area contributed by atoms with Crippen LogP contribution in [0, 0.1) is 10.1 Å². The van der Waals surface area contributed by atoms with Gasteiger partial charge in [0.2, 0.25) is 5.91 Å². The van der Waals surface area contributed by atoms with Crippen molar-refractivity contribution in [3.8, 4) is 0 Å². The van der Waals surface area contributed by atoms with Gasteiger partial charge in [-0.3, -0.25) is 4.79 Å². The van der Waals surface area contributed by atoms with Crippen molar-refractivity contribution in [3.05, 3.63) is 57.2 Å². The second-order valence-corrected chi connectivity index (χ2v) is 5.86. The maximum atomic E-state index is 12.7. The standard InChI is InChI=1S/C15H16ClN5O3/c16-12-4-2-1-3-11(12)13-9-17-6-8-20(13)15(22)10-19-7-5-14(18-19)21(23)24/h1-5,7,13,17H,6,8-10H2. The molecule has 1 aliphatic rings. The molecule has 0 radical (unpaired) electrons. The normalized spacial score (nSPS) is 17.7. The molecular formula is C15H16ClN5O3. The van der Waals surface area contributed by atoms with Crippen molar-refractivity contribution in [2.45, 2.75) is 12.6 Å². The van der Waals surface area contributed by atoms with E-state index in [1.54, 1.807) is 11.0 Å². The van der Waals surface area contributed by atoms with Crippen molar-refractivity contribution < 1.29 is 9.72 Å². The van der Waals surface area contributed by atoms with Crippen LogP contribution in [-0.4, -0.2) is 45.1 Å². The number of carbonyl (C=O) groups is 1. The molecule has 1 aromatic carbocycles. The van der Waals surface area contributed by atoms with Gasteiger partial charge in [-0.1, -0.05) is 29.8 Å². The summed E-state index contributed by atoms with van der Waals surface area (Å²) in [7, 11) is 0. The lowest BCUT2D eigenvalue weighted by molar-refractivity contribution is -0.389. The minimum Gasteiger partial charge on any atom is -0.358 e. The molecule has 24 heavy (non-hydrogen) atoms. The summed E-state index contributed by atoms with van der Waals surface area (Å²) in [4.78, 5) is 24.5. The molecule has 0 aliphatic carbocycles. The summed E-state index contributed by atoms with van der Waals surface area (Å²) in [6, 6.07) is 8.53. The molecule has 9 heteroatoms. The van der Waals surface area contributed by atoms with E-state index in [0.717, 1.165) is 5.56 Å². The predicted octanol–water partition coefficient (Wildman–Crippen LogP) is 1.62. The number of hydrogen-bond donors (Lipinski definition) is 1. The number of aromatic nitrogens is 2. The summed E-state index contributed by atoms with van der Waals surface area (Å²) < 4.78 is 1.28. The molecule has 2 heterocycles. The summed E-state index contributed by atoms with van der Waals surface area (Å²) in [5, 5.41) is 18.3. The molecule has 1 aromatic heterocycles. The molecule has 8 nitrogen and oxygen atoms in total. The first kappa shape index (κ1) is 16.4. The third-order valence-electron chi connectivity index (χ3n) is 3.94. The van der Waals surface area contributed by atoms with Gasteiger partial charge in [0.15, 0.2) is 0 Å². The van der Waals surface area contributed by atoms with E-state index in [-0.39, 0.29) is 24.3 Å². The highest BCUT2D eigenvalue weighted by atomic mass is 35.5. The highest BCUT2D eigenvalue weighted by Crippen LogP contribution is 2.28. The number of halogens is 1. The highest BCUT2D eigenvalue weighted by Gasteiger charge is 2.29. The molecule has 1 fully saturated rings. The largest absolute Gasteiger partial charge is 0.389 e. The lowest BCUT2D eigenvalue weighted by Crippen LogP contribution is -2.49. The Bertz CT molecular complexity index is 763. The van der Waals surface area contributed by atoms with E-state index < -0.39 is 4.92 Å². The third kappa shape index (κ3) is 3.39. The maximum absolute atomic E-state index is 12.7. The number of hydrogen-bond acceptors (Lipinski definition) is 5. The molecular weight excluding hydrogens is 334 g/mol. The van der Waals surface area contributed by atoms with Crippen LogP contribution < -0.4 is 5.32 Å². The van der Waals surface area contributed by atoms with Gasteiger partial charge < -0.3 is 20.3 Å². The van der Waals surface area contributed by atoms with Gasteiger partial charge in [0, 0.05) is 24.7 Å². The number of nitro groups is 1. The second-order valence-electron chi connectivity index (χ2n) is 5.46. The second kappa shape index (κ2) is 6.98. The highest BCUT2D eigenvalue weighted by molar-refractivity contribution is 6.31. The summed E-state index contributed by atoms with van der Waals surface area (Å²) in [5.41, 5.74) is 0.881. The van der Waals surface area contributed by atoms with Crippen LogP contribution in [0.4, 0.5) is 5.82 Å². The van der Waals surface area contributed by atoms with Gasteiger partial charge in [0.25, 0.3) is 0 Å². The summed E-state index contributed by atoms with van der Waals surface area (Å²) in [6.45, 7) is 1.79. The quantitative estimate of drug-likeness (QED) is 0.668. The molecule has 1 saturated heterocycles. The van der Waals surface area contributed by atoms with Gasteiger partial charge >= 0.3 is 5.82 Å². The molecule has 126 valence electrons. The Labute approximate surface area is 143 Å². The average molecular weight is 350 g/mol. The van der Waals surface area contributed by atoms with Gasteiger partial charge in [-0.25, -0.2) is 0 Å². The third-order valence-corrected chi connectivity index (χ3v) is 4.28. The lowest BCUT2D eigenvalue weighted by Gasteiger charge is -2.36. The van der Waals surface area contributed by atoms with Crippen molar-refractivity contribution in [2.24, 2.45) is 0 Å². The molecule has 1 atom stereocenters. The van der Waals surface area contributed by atoms with Gasteiger partial charge in [0.1, 0.15) is 6.54 Å². The van der Waals surface area contributed by atoms with Crippen LogP contribution in [0.2, 0.25) is 5.02 Å². The molecule has 0 saturated carbocycles. The number of rotatable bonds is 4. The Balaban J connectivity index is 1.78. The Hall–Kier alpha value is -2.45. The van der Waals surface area contributed by atoms with E-state index in [1.165, 1.54) is 16.9 Å². The van der Waals surface area contributed by atoms with Crippen molar-refractivity contribution in [3.63, 3.8) is 0 Å². The Morgan fingerprint density at radius 3 is 2.92 bits per heavy atom. The fraction of sp³-hybridized carbons (Fsp3) is 0.333. The Kier molecular flexibility index (Phi) is 4.77. The molecule has 0 spiro atoms. The lowest BCUT2D eigenvalue weighted by atomic mass is 10.0. The fourth-order valence-corrected chi connectivity index (χ4v) is 3.05. The Morgan fingerprint density at radius 2 is 2.21 bits per heavy atom. The average Bonchev–Trinajstić information content (AvgIpc) is 3.04. The van der Waals surface area contributed by atoms with Crippen LogP contribution in [-0.2, 0) is 11.3 Å². The van der Waals surface area contributed by atoms with Crippen molar-refractivity contribution in [2.75, 3.05) is 19.6 Å². The van der Waals surface area contributed by atoms with E-state index >= 15 is 0 Å². The Morgan fingerprint density at radius 1 is 1.42 bits per heavy atom. The number of nitrogens with zero attached hydrogens (tertiary/aromatic N) is 4. The number of piperazine rings is 1. The molecule has 2 aromatic rings. The van der Waals surface area contributed by atoms with E-state index in [9.17, 15) is 14.9 Å². The maximum Gasteiger partial charge on any atom is 0.389 e. The minimum absolute atomic E-state index is 0.0468. The van der Waals surface area contributed by atoms with Gasteiger partial charge in [-0.2, -0.15) is 4.68 Å². The first-order chi connectivity index (χ1) is 11.6. The van der Waals surface area contributed by atoms with E-state index in [1.807, 2.05) is 18.2 Å². The smallest absolute Gasteiger partial charge is 0.358 e. The fourth-order valence-electron chi connectivity index (χ4n) is 2.79. The number of carbonyl (C=O) groups excluding carboxylic acids is 1.